The number of nitrogens with zero attached hydrogens (tertiary/aromatic N) is 4. The van der Waals surface area contributed by atoms with E-state index in [0.717, 1.165) is 16.1 Å². The Kier molecular flexibility index (Phi) is 5.94. The van der Waals surface area contributed by atoms with Crippen LogP contribution in [0.1, 0.15) is 23.5 Å². The fourth-order valence-corrected chi connectivity index (χ4v) is 4.16. The van der Waals surface area contributed by atoms with Crippen molar-refractivity contribution in [2.24, 2.45) is 0 Å². The lowest BCUT2D eigenvalue weighted by Crippen LogP contribution is -2.31. The number of aromatic nitrogens is 4. The molecule has 0 aliphatic heterocycles. The molecule has 2 aromatic heterocycles. The summed E-state index contributed by atoms with van der Waals surface area (Å²) in [5.41, 5.74) is 2.65. The third kappa shape index (κ3) is 4.72. The van der Waals surface area contributed by atoms with Crippen molar-refractivity contribution < 1.29 is 9.18 Å². The average molecular weight is 435 g/mol. The summed E-state index contributed by atoms with van der Waals surface area (Å²) in [6, 6.07) is 15.2. The van der Waals surface area contributed by atoms with Crippen molar-refractivity contribution in [1.29, 1.82) is 0 Å². The van der Waals surface area contributed by atoms with Gasteiger partial charge in [-0.2, -0.15) is 5.10 Å². The van der Waals surface area contributed by atoms with Gasteiger partial charge in [-0.3, -0.25) is 5.32 Å². The standard InChI is InChI=1S/C22H19FN6OS/c1-13-19(31-20(25-13)16-10-6-7-11-17(16)23)14(2)26-22(30)28-21-27-18(12-24-29-21)15-8-4-3-5-9-15/h3-12,14H,1-2H3,(H2,26,27,28,29,30). The van der Waals surface area contributed by atoms with Crippen molar-refractivity contribution >= 4 is 23.3 Å². The van der Waals surface area contributed by atoms with Crippen molar-refractivity contribution in [3.8, 4) is 21.8 Å². The molecule has 0 spiro atoms. The Bertz CT molecular complexity index is 1210. The molecule has 0 radical (unpaired) electrons. The summed E-state index contributed by atoms with van der Waals surface area (Å²) in [6.45, 7) is 3.67. The molecular formula is C22H19FN6OS. The van der Waals surface area contributed by atoms with Crippen LogP contribution in [0.3, 0.4) is 0 Å². The highest BCUT2D eigenvalue weighted by Gasteiger charge is 2.19. The first kappa shape index (κ1) is 20.5. The maximum absolute atomic E-state index is 14.1. The van der Waals surface area contributed by atoms with E-state index in [1.807, 2.05) is 44.2 Å². The number of rotatable bonds is 5. The summed E-state index contributed by atoms with van der Waals surface area (Å²) >= 11 is 1.35. The van der Waals surface area contributed by atoms with E-state index >= 15 is 0 Å². The van der Waals surface area contributed by atoms with E-state index in [2.05, 4.69) is 30.8 Å². The number of hydrogen-bond acceptors (Lipinski definition) is 6. The molecule has 1 unspecified atom stereocenters. The molecule has 7 nitrogen and oxygen atoms in total. The van der Waals surface area contributed by atoms with Crippen LogP contribution in [-0.4, -0.2) is 26.2 Å². The van der Waals surface area contributed by atoms with Gasteiger partial charge in [-0.25, -0.2) is 19.2 Å². The predicted molar refractivity (Wildman–Crippen MR) is 118 cm³/mol. The summed E-state index contributed by atoms with van der Waals surface area (Å²) in [4.78, 5) is 22.1. The Hall–Kier alpha value is -3.72. The highest BCUT2D eigenvalue weighted by Crippen LogP contribution is 2.33. The minimum Gasteiger partial charge on any atom is -0.330 e. The number of carbonyl (C=O) groups excluding carboxylic acids is 1. The highest BCUT2D eigenvalue weighted by atomic mass is 32.1. The normalized spacial score (nSPS) is 11.7. The summed E-state index contributed by atoms with van der Waals surface area (Å²) in [6.07, 6.45) is 1.53. The molecule has 31 heavy (non-hydrogen) atoms. The second-order valence-corrected chi connectivity index (χ2v) is 7.83. The number of benzene rings is 2. The molecule has 0 bridgehead atoms. The van der Waals surface area contributed by atoms with Gasteiger partial charge in [0, 0.05) is 11.1 Å². The number of thiazole rings is 1. The number of aryl methyl sites for hydroxylation is 1. The summed E-state index contributed by atoms with van der Waals surface area (Å²) in [5, 5.41) is 13.8. The number of anilines is 1. The minimum absolute atomic E-state index is 0.0964. The van der Waals surface area contributed by atoms with E-state index in [1.165, 1.54) is 23.6 Å². The maximum Gasteiger partial charge on any atom is 0.322 e. The van der Waals surface area contributed by atoms with E-state index < -0.39 is 6.03 Å². The van der Waals surface area contributed by atoms with Crippen LogP contribution < -0.4 is 10.6 Å². The van der Waals surface area contributed by atoms with Gasteiger partial charge in [0.25, 0.3) is 5.95 Å². The van der Waals surface area contributed by atoms with Gasteiger partial charge < -0.3 is 5.32 Å². The van der Waals surface area contributed by atoms with Gasteiger partial charge in [-0.05, 0) is 26.0 Å². The highest BCUT2D eigenvalue weighted by molar-refractivity contribution is 7.15. The average Bonchev–Trinajstić information content (AvgIpc) is 3.16. The Morgan fingerprint density at radius 1 is 1.06 bits per heavy atom. The van der Waals surface area contributed by atoms with Gasteiger partial charge >= 0.3 is 6.03 Å². The molecule has 2 heterocycles. The Morgan fingerprint density at radius 3 is 2.58 bits per heavy atom. The summed E-state index contributed by atoms with van der Waals surface area (Å²) in [5.74, 6) is -0.233. The van der Waals surface area contributed by atoms with Crippen molar-refractivity contribution in [1.82, 2.24) is 25.5 Å². The van der Waals surface area contributed by atoms with Gasteiger partial charge in [0.2, 0.25) is 0 Å². The van der Waals surface area contributed by atoms with Crippen LogP contribution in [0.5, 0.6) is 0 Å². The molecule has 0 fully saturated rings. The van der Waals surface area contributed by atoms with Crippen molar-refractivity contribution in [3.05, 3.63) is 77.2 Å². The second kappa shape index (κ2) is 8.97. The van der Waals surface area contributed by atoms with Gasteiger partial charge in [0.1, 0.15) is 10.8 Å². The van der Waals surface area contributed by atoms with Crippen LogP contribution >= 0.6 is 11.3 Å². The van der Waals surface area contributed by atoms with Crippen molar-refractivity contribution in [3.63, 3.8) is 0 Å². The lowest BCUT2D eigenvalue weighted by Gasteiger charge is -2.13. The third-order valence-electron chi connectivity index (χ3n) is 4.53. The molecule has 4 aromatic rings. The number of carbonyl (C=O) groups is 1. The maximum atomic E-state index is 14.1. The Labute approximate surface area is 182 Å². The first-order chi connectivity index (χ1) is 15.0. The SMILES string of the molecule is Cc1nc(-c2ccccc2F)sc1C(C)NC(=O)Nc1nncc(-c2ccccc2)n1. The van der Waals surface area contributed by atoms with Crippen molar-refractivity contribution in [2.75, 3.05) is 5.32 Å². The van der Waals surface area contributed by atoms with Crippen molar-refractivity contribution in [2.45, 2.75) is 19.9 Å². The molecule has 0 aliphatic rings. The number of nitrogens with one attached hydrogen (secondary N) is 2. The molecule has 156 valence electrons. The molecule has 1 atom stereocenters. The monoisotopic (exact) mass is 434 g/mol. The van der Waals surface area contributed by atoms with E-state index in [0.29, 0.717) is 16.3 Å². The van der Waals surface area contributed by atoms with Gasteiger partial charge in [0.15, 0.2) is 0 Å². The van der Waals surface area contributed by atoms with E-state index in [4.69, 9.17) is 0 Å². The smallest absolute Gasteiger partial charge is 0.322 e. The molecule has 0 aliphatic carbocycles. The number of halogens is 1. The summed E-state index contributed by atoms with van der Waals surface area (Å²) < 4.78 is 14.1. The zero-order chi connectivity index (χ0) is 21.8. The largest absolute Gasteiger partial charge is 0.330 e. The molecule has 2 aromatic carbocycles. The topological polar surface area (TPSA) is 92.7 Å². The molecule has 2 N–H and O–H groups in total. The first-order valence-corrected chi connectivity index (χ1v) is 10.4. The zero-order valence-electron chi connectivity index (χ0n) is 16.8. The third-order valence-corrected chi connectivity index (χ3v) is 5.90. The van der Waals surface area contributed by atoms with Crippen LogP contribution in [-0.2, 0) is 0 Å². The summed E-state index contributed by atoms with van der Waals surface area (Å²) in [7, 11) is 0. The van der Waals surface area contributed by atoms with E-state index in [9.17, 15) is 9.18 Å². The Balaban J connectivity index is 1.46. The lowest BCUT2D eigenvalue weighted by atomic mass is 10.2. The van der Waals surface area contributed by atoms with Crippen LogP contribution in [0, 0.1) is 12.7 Å². The molecule has 9 heteroatoms. The van der Waals surface area contributed by atoms with Crippen LogP contribution in [0.2, 0.25) is 0 Å². The minimum atomic E-state index is -0.472. The number of amides is 2. The predicted octanol–water partition coefficient (Wildman–Crippen LogP) is 4.99. The number of urea groups is 1. The van der Waals surface area contributed by atoms with Crippen LogP contribution in [0.4, 0.5) is 15.1 Å². The fourth-order valence-electron chi connectivity index (χ4n) is 3.06. The van der Waals surface area contributed by atoms with E-state index in [1.54, 1.807) is 18.2 Å². The van der Waals surface area contributed by atoms with Crippen LogP contribution in [0.15, 0.2) is 60.8 Å². The van der Waals surface area contributed by atoms with Gasteiger partial charge in [0.05, 0.1) is 28.5 Å². The first-order valence-electron chi connectivity index (χ1n) is 9.56. The zero-order valence-corrected chi connectivity index (χ0v) is 17.7. The quantitative estimate of drug-likeness (QED) is 0.461. The molecule has 0 saturated heterocycles. The molecule has 2 amide bonds. The van der Waals surface area contributed by atoms with E-state index in [-0.39, 0.29) is 17.8 Å². The second-order valence-electron chi connectivity index (χ2n) is 6.80. The lowest BCUT2D eigenvalue weighted by molar-refractivity contribution is 0.249. The van der Waals surface area contributed by atoms with Crippen LogP contribution in [0.25, 0.3) is 21.8 Å². The Morgan fingerprint density at radius 2 is 1.81 bits per heavy atom. The van der Waals surface area contributed by atoms with Gasteiger partial charge in [-0.15, -0.1) is 16.4 Å². The molecule has 0 saturated carbocycles. The molecular weight excluding hydrogens is 415 g/mol. The number of hydrogen-bond donors (Lipinski definition) is 2. The fraction of sp³-hybridized carbons (Fsp3) is 0.136. The molecule has 4 rings (SSSR count). The van der Waals surface area contributed by atoms with Gasteiger partial charge in [-0.1, -0.05) is 42.5 Å².